The normalized spacial score (nSPS) is 15.1. The van der Waals surface area contributed by atoms with E-state index in [1.807, 2.05) is 0 Å². The van der Waals surface area contributed by atoms with Crippen LogP contribution < -0.4 is 14.4 Å². The van der Waals surface area contributed by atoms with E-state index in [2.05, 4.69) is 4.72 Å². The Kier molecular flexibility index (Phi) is 4.94. The Balaban J connectivity index is 1.76. The van der Waals surface area contributed by atoms with Gasteiger partial charge in [-0.25, -0.2) is 8.42 Å². The van der Waals surface area contributed by atoms with E-state index in [0.29, 0.717) is 24.4 Å². The van der Waals surface area contributed by atoms with Crippen LogP contribution in [0, 0.1) is 0 Å². The van der Waals surface area contributed by atoms with Crippen LogP contribution in [-0.4, -0.2) is 28.0 Å². The maximum absolute atomic E-state index is 12.5. The highest BCUT2D eigenvalue weighted by Gasteiger charge is 2.20. The quantitative estimate of drug-likeness (QED) is 0.889. The summed E-state index contributed by atoms with van der Waals surface area (Å²) in [6, 6.07) is 13.0. The number of carbonyl (C=O) groups excluding carboxylic acids is 1. The van der Waals surface area contributed by atoms with E-state index in [0.717, 1.165) is 18.5 Å². The van der Waals surface area contributed by atoms with Crippen molar-refractivity contribution in [3.05, 3.63) is 48.5 Å². The fraction of sp³-hybridized carbons (Fsp3) is 0.278. The summed E-state index contributed by atoms with van der Waals surface area (Å²) in [5, 5.41) is 0. The predicted octanol–water partition coefficient (Wildman–Crippen LogP) is 3.01. The lowest BCUT2D eigenvalue weighted by molar-refractivity contribution is -0.119. The van der Waals surface area contributed by atoms with Gasteiger partial charge in [0.1, 0.15) is 5.75 Å². The number of sulfonamides is 1. The molecule has 6 nitrogen and oxygen atoms in total. The number of piperidine rings is 1. The lowest BCUT2D eigenvalue weighted by atomic mass is 10.1. The van der Waals surface area contributed by atoms with E-state index < -0.39 is 10.0 Å². The van der Waals surface area contributed by atoms with E-state index >= 15 is 0 Å². The number of benzene rings is 2. The highest BCUT2D eigenvalue weighted by Crippen LogP contribution is 2.24. The maximum atomic E-state index is 12.5. The molecule has 0 bridgehead atoms. The minimum atomic E-state index is -3.69. The van der Waals surface area contributed by atoms with Crippen LogP contribution in [0.15, 0.2) is 53.4 Å². The molecule has 1 fully saturated rings. The fourth-order valence-corrected chi connectivity index (χ4v) is 3.82. The zero-order valence-corrected chi connectivity index (χ0v) is 14.8. The van der Waals surface area contributed by atoms with Gasteiger partial charge in [-0.15, -0.1) is 0 Å². The molecule has 0 atom stereocenters. The number of nitrogens with zero attached hydrogens (tertiary/aromatic N) is 1. The van der Waals surface area contributed by atoms with E-state index in [1.54, 1.807) is 48.4 Å². The number of nitrogens with one attached hydrogen (secondary N) is 1. The standard InChI is InChI=1S/C18H20N2O4S/c1-24-16-9-5-14(6-10-16)19-25(22,23)17-11-7-15(8-12-17)20-13-3-2-4-18(20)21/h5-12,19H,2-4,13H2,1H3. The third-order valence-electron chi connectivity index (χ3n) is 4.12. The first-order valence-electron chi connectivity index (χ1n) is 8.07. The van der Waals surface area contributed by atoms with Crippen LogP contribution in [-0.2, 0) is 14.8 Å². The van der Waals surface area contributed by atoms with Gasteiger partial charge in [0, 0.05) is 24.3 Å². The van der Waals surface area contributed by atoms with Gasteiger partial charge in [0.2, 0.25) is 5.91 Å². The first-order valence-corrected chi connectivity index (χ1v) is 9.55. The van der Waals surface area contributed by atoms with E-state index in [-0.39, 0.29) is 10.8 Å². The highest BCUT2D eigenvalue weighted by molar-refractivity contribution is 7.92. The Labute approximate surface area is 147 Å². The van der Waals surface area contributed by atoms with Crippen LogP contribution in [0.25, 0.3) is 0 Å². The van der Waals surface area contributed by atoms with Crippen LogP contribution in [0.4, 0.5) is 11.4 Å². The summed E-state index contributed by atoms with van der Waals surface area (Å²) in [5.74, 6) is 0.733. The third-order valence-corrected chi connectivity index (χ3v) is 5.52. The molecular weight excluding hydrogens is 340 g/mol. The molecule has 1 amide bonds. The van der Waals surface area contributed by atoms with Crippen LogP contribution in [0.2, 0.25) is 0 Å². The number of ether oxygens (including phenoxy) is 1. The summed E-state index contributed by atoms with van der Waals surface area (Å²) in [7, 11) is -2.14. The molecule has 25 heavy (non-hydrogen) atoms. The molecule has 2 aromatic rings. The van der Waals surface area contributed by atoms with Crippen molar-refractivity contribution in [2.24, 2.45) is 0 Å². The van der Waals surface area contributed by atoms with Gasteiger partial charge in [-0.05, 0) is 61.4 Å². The Morgan fingerprint density at radius 1 is 1.00 bits per heavy atom. The number of hydrogen-bond donors (Lipinski definition) is 1. The van der Waals surface area contributed by atoms with Crippen molar-refractivity contribution in [2.75, 3.05) is 23.3 Å². The van der Waals surface area contributed by atoms with Crippen molar-refractivity contribution < 1.29 is 17.9 Å². The smallest absolute Gasteiger partial charge is 0.261 e. The fourth-order valence-electron chi connectivity index (χ4n) is 2.76. The molecule has 0 aromatic heterocycles. The molecule has 1 N–H and O–H groups in total. The van der Waals surface area contributed by atoms with Crippen molar-refractivity contribution in [1.82, 2.24) is 0 Å². The largest absolute Gasteiger partial charge is 0.497 e. The molecule has 1 aliphatic rings. The van der Waals surface area contributed by atoms with Crippen LogP contribution >= 0.6 is 0 Å². The molecule has 7 heteroatoms. The Hall–Kier alpha value is -2.54. The molecule has 0 radical (unpaired) electrons. The maximum Gasteiger partial charge on any atom is 0.261 e. The summed E-state index contributed by atoms with van der Waals surface area (Å²) in [6.07, 6.45) is 2.41. The Bertz CT molecular complexity index is 846. The van der Waals surface area contributed by atoms with Crippen molar-refractivity contribution in [1.29, 1.82) is 0 Å². The first-order chi connectivity index (χ1) is 12.0. The van der Waals surface area contributed by atoms with Gasteiger partial charge in [0.05, 0.1) is 12.0 Å². The molecule has 1 saturated heterocycles. The van der Waals surface area contributed by atoms with Gasteiger partial charge >= 0.3 is 0 Å². The molecule has 2 aromatic carbocycles. The molecule has 0 spiro atoms. The zero-order valence-electron chi connectivity index (χ0n) is 13.9. The number of methoxy groups -OCH3 is 1. The second-order valence-electron chi connectivity index (χ2n) is 5.83. The number of carbonyl (C=O) groups is 1. The number of anilines is 2. The zero-order chi connectivity index (χ0) is 17.9. The Morgan fingerprint density at radius 3 is 2.28 bits per heavy atom. The second-order valence-corrected chi connectivity index (χ2v) is 7.51. The van der Waals surface area contributed by atoms with E-state index in [9.17, 15) is 13.2 Å². The molecule has 0 saturated carbocycles. The number of amides is 1. The second kappa shape index (κ2) is 7.14. The average Bonchev–Trinajstić information content (AvgIpc) is 2.63. The SMILES string of the molecule is COc1ccc(NS(=O)(=O)c2ccc(N3CCCCC3=O)cc2)cc1. The van der Waals surface area contributed by atoms with Crippen LogP contribution in [0.1, 0.15) is 19.3 Å². The van der Waals surface area contributed by atoms with Gasteiger partial charge in [0.25, 0.3) is 10.0 Å². The van der Waals surface area contributed by atoms with Gasteiger partial charge in [-0.2, -0.15) is 0 Å². The lowest BCUT2D eigenvalue weighted by Gasteiger charge is -2.26. The minimum absolute atomic E-state index is 0.0817. The van der Waals surface area contributed by atoms with Crippen LogP contribution in [0.3, 0.4) is 0 Å². The number of hydrogen-bond acceptors (Lipinski definition) is 4. The molecule has 1 aliphatic heterocycles. The molecular formula is C18H20N2O4S. The molecule has 132 valence electrons. The molecule has 1 heterocycles. The summed E-state index contributed by atoms with van der Waals surface area (Å²) >= 11 is 0. The van der Waals surface area contributed by atoms with E-state index in [4.69, 9.17) is 4.74 Å². The molecule has 0 aliphatic carbocycles. The topological polar surface area (TPSA) is 75.7 Å². The van der Waals surface area contributed by atoms with Gasteiger partial charge in [-0.3, -0.25) is 9.52 Å². The average molecular weight is 360 g/mol. The number of rotatable bonds is 5. The van der Waals surface area contributed by atoms with Crippen LogP contribution in [0.5, 0.6) is 5.75 Å². The first kappa shape index (κ1) is 17.3. The molecule has 0 unspecified atom stereocenters. The van der Waals surface area contributed by atoms with Gasteiger partial charge < -0.3 is 9.64 Å². The monoisotopic (exact) mass is 360 g/mol. The van der Waals surface area contributed by atoms with Crippen molar-refractivity contribution in [3.63, 3.8) is 0 Å². The van der Waals surface area contributed by atoms with Crippen molar-refractivity contribution >= 4 is 27.3 Å². The summed E-state index contributed by atoms with van der Waals surface area (Å²) in [4.78, 5) is 13.8. The third kappa shape index (κ3) is 3.93. The summed E-state index contributed by atoms with van der Waals surface area (Å²) < 4.78 is 32.6. The summed E-state index contributed by atoms with van der Waals surface area (Å²) in [6.45, 7) is 0.676. The van der Waals surface area contributed by atoms with Gasteiger partial charge in [0.15, 0.2) is 0 Å². The minimum Gasteiger partial charge on any atom is -0.497 e. The van der Waals surface area contributed by atoms with Crippen molar-refractivity contribution in [2.45, 2.75) is 24.2 Å². The van der Waals surface area contributed by atoms with E-state index in [1.165, 1.54) is 12.1 Å². The lowest BCUT2D eigenvalue weighted by Crippen LogP contribution is -2.35. The Morgan fingerprint density at radius 2 is 1.68 bits per heavy atom. The highest BCUT2D eigenvalue weighted by atomic mass is 32.2. The predicted molar refractivity (Wildman–Crippen MR) is 96.4 cm³/mol. The summed E-state index contributed by atoms with van der Waals surface area (Å²) in [5.41, 5.74) is 1.18. The van der Waals surface area contributed by atoms with Crippen molar-refractivity contribution in [3.8, 4) is 5.75 Å². The molecule has 3 rings (SSSR count). The van der Waals surface area contributed by atoms with Gasteiger partial charge in [-0.1, -0.05) is 0 Å².